The van der Waals surface area contributed by atoms with Crippen LogP contribution in [0.5, 0.6) is 0 Å². The highest BCUT2D eigenvalue weighted by atomic mass is 16.3. The Morgan fingerprint density at radius 3 is 2.52 bits per heavy atom. The van der Waals surface area contributed by atoms with Crippen molar-refractivity contribution in [1.29, 1.82) is 0 Å². The van der Waals surface area contributed by atoms with E-state index in [0.29, 0.717) is 12.1 Å². The van der Waals surface area contributed by atoms with E-state index in [2.05, 4.69) is 37.4 Å². The van der Waals surface area contributed by atoms with Crippen molar-refractivity contribution in [2.45, 2.75) is 47.3 Å². The number of benzene rings is 1. The van der Waals surface area contributed by atoms with Gasteiger partial charge in [0.25, 0.3) is 5.91 Å². The predicted octanol–water partition coefficient (Wildman–Crippen LogP) is 3.63. The maximum absolute atomic E-state index is 12.9. The Balaban J connectivity index is 2.01. The topological polar surface area (TPSA) is 69.9 Å². The fourth-order valence-electron chi connectivity index (χ4n) is 3.63. The van der Waals surface area contributed by atoms with Gasteiger partial charge in [0.15, 0.2) is 5.65 Å². The Morgan fingerprint density at radius 2 is 1.90 bits per heavy atom. The SMILES string of the molecule is Cc1cccc(C)c1CNc1cc(C(=O)N(C)C[C@H](C)O)cn2c(C)c(C)nc12. The lowest BCUT2D eigenvalue weighted by molar-refractivity contribution is 0.0703. The highest BCUT2D eigenvalue weighted by Gasteiger charge is 2.18. The molecule has 1 aromatic carbocycles. The average molecular weight is 395 g/mol. The van der Waals surface area contributed by atoms with Crippen molar-refractivity contribution in [3.63, 3.8) is 0 Å². The van der Waals surface area contributed by atoms with E-state index in [-0.39, 0.29) is 12.5 Å². The molecule has 2 heterocycles. The van der Waals surface area contributed by atoms with Gasteiger partial charge >= 0.3 is 0 Å². The molecule has 0 radical (unpaired) electrons. The quantitative estimate of drug-likeness (QED) is 0.670. The van der Waals surface area contributed by atoms with E-state index in [4.69, 9.17) is 4.98 Å². The zero-order valence-corrected chi connectivity index (χ0v) is 18.1. The van der Waals surface area contributed by atoms with Gasteiger partial charge < -0.3 is 19.7 Å². The number of anilines is 1. The molecule has 29 heavy (non-hydrogen) atoms. The van der Waals surface area contributed by atoms with E-state index in [1.165, 1.54) is 16.7 Å². The molecule has 1 amide bonds. The summed E-state index contributed by atoms with van der Waals surface area (Å²) in [4.78, 5) is 19.2. The molecule has 0 spiro atoms. The molecule has 0 bridgehead atoms. The van der Waals surface area contributed by atoms with Crippen LogP contribution in [0.25, 0.3) is 5.65 Å². The molecule has 2 N–H and O–H groups in total. The number of rotatable bonds is 6. The van der Waals surface area contributed by atoms with Crippen LogP contribution < -0.4 is 5.32 Å². The summed E-state index contributed by atoms with van der Waals surface area (Å²) in [6, 6.07) is 8.13. The molecule has 0 saturated carbocycles. The van der Waals surface area contributed by atoms with Gasteiger partial charge in [0, 0.05) is 32.0 Å². The van der Waals surface area contributed by atoms with E-state index in [1.54, 1.807) is 18.9 Å². The number of aromatic nitrogens is 2. The lowest BCUT2D eigenvalue weighted by atomic mass is 10.0. The van der Waals surface area contributed by atoms with Gasteiger partial charge in [0.05, 0.1) is 23.0 Å². The monoisotopic (exact) mass is 394 g/mol. The molecule has 3 rings (SSSR count). The molecule has 3 aromatic rings. The summed E-state index contributed by atoms with van der Waals surface area (Å²) >= 11 is 0. The number of hydrogen-bond donors (Lipinski definition) is 2. The maximum Gasteiger partial charge on any atom is 0.255 e. The van der Waals surface area contributed by atoms with Crippen molar-refractivity contribution in [3.8, 4) is 0 Å². The molecule has 0 saturated heterocycles. The number of pyridine rings is 1. The normalized spacial score (nSPS) is 12.2. The second-order valence-corrected chi connectivity index (χ2v) is 7.88. The lowest BCUT2D eigenvalue weighted by Crippen LogP contribution is -2.33. The van der Waals surface area contributed by atoms with Crippen LogP contribution in [0.1, 0.15) is 45.4 Å². The minimum absolute atomic E-state index is 0.131. The Morgan fingerprint density at radius 1 is 1.24 bits per heavy atom. The number of carbonyl (C=O) groups excluding carboxylic acids is 1. The summed E-state index contributed by atoms with van der Waals surface area (Å²) in [5.41, 5.74) is 7.83. The fourth-order valence-corrected chi connectivity index (χ4v) is 3.63. The van der Waals surface area contributed by atoms with Crippen molar-refractivity contribution in [2.75, 3.05) is 18.9 Å². The Labute approximate surface area is 172 Å². The molecule has 0 aliphatic carbocycles. The van der Waals surface area contributed by atoms with Crippen LogP contribution in [-0.2, 0) is 6.54 Å². The number of aliphatic hydroxyl groups excluding tert-OH is 1. The van der Waals surface area contributed by atoms with Gasteiger partial charge in [-0.1, -0.05) is 18.2 Å². The first-order valence-corrected chi connectivity index (χ1v) is 9.90. The van der Waals surface area contributed by atoms with Crippen molar-refractivity contribution in [2.24, 2.45) is 0 Å². The predicted molar refractivity (Wildman–Crippen MR) is 117 cm³/mol. The first-order chi connectivity index (χ1) is 13.7. The van der Waals surface area contributed by atoms with Crippen LogP contribution in [-0.4, -0.2) is 45.0 Å². The van der Waals surface area contributed by atoms with E-state index < -0.39 is 6.10 Å². The third-order valence-corrected chi connectivity index (χ3v) is 5.43. The highest BCUT2D eigenvalue weighted by Crippen LogP contribution is 2.24. The minimum atomic E-state index is -0.577. The van der Waals surface area contributed by atoms with Crippen molar-refractivity contribution < 1.29 is 9.90 Å². The molecule has 0 aliphatic rings. The molecule has 6 heteroatoms. The number of likely N-dealkylation sites (N-methyl/N-ethyl adjacent to an activating group) is 1. The molecular formula is C23H30N4O2. The van der Waals surface area contributed by atoms with Crippen molar-refractivity contribution in [1.82, 2.24) is 14.3 Å². The van der Waals surface area contributed by atoms with Gasteiger partial charge in [0.1, 0.15) is 0 Å². The largest absolute Gasteiger partial charge is 0.392 e. The smallest absolute Gasteiger partial charge is 0.255 e. The van der Waals surface area contributed by atoms with Gasteiger partial charge in [0.2, 0.25) is 0 Å². The number of aryl methyl sites for hydroxylation is 4. The zero-order chi connectivity index (χ0) is 21.3. The summed E-state index contributed by atoms with van der Waals surface area (Å²) in [7, 11) is 1.70. The summed E-state index contributed by atoms with van der Waals surface area (Å²) in [5.74, 6) is -0.131. The van der Waals surface area contributed by atoms with E-state index >= 15 is 0 Å². The molecule has 6 nitrogen and oxygen atoms in total. The van der Waals surface area contributed by atoms with Crippen LogP contribution in [0.4, 0.5) is 5.69 Å². The lowest BCUT2D eigenvalue weighted by Gasteiger charge is -2.20. The van der Waals surface area contributed by atoms with Crippen molar-refractivity contribution >= 4 is 17.2 Å². The highest BCUT2D eigenvalue weighted by molar-refractivity contribution is 5.96. The van der Waals surface area contributed by atoms with Crippen LogP contribution in [0.2, 0.25) is 0 Å². The minimum Gasteiger partial charge on any atom is -0.392 e. The second kappa shape index (κ2) is 8.25. The van der Waals surface area contributed by atoms with Crippen LogP contribution in [0, 0.1) is 27.7 Å². The molecule has 0 fully saturated rings. The van der Waals surface area contributed by atoms with E-state index in [1.807, 2.05) is 30.5 Å². The summed E-state index contributed by atoms with van der Waals surface area (Å²) in [5, 5.41) is 13.1. The summed E-state index contributed by atoms with van der Waals surface area (Å²) in [6.45, 7) is 10.8. The average Bonchev–Trinajstić information content (AvgIpc) is 2.94. The number of amides is 1. The summed E-state index contributed by atoms with van der Waals surface area (Å²) in [6.07, 6.45) is 1.25. The summed E-state index contributed by atoms with van der Waals surface area (Å²) < 4.78 is 1.96. The first kappa shape index (κ1) is 20.9. The van der Waals surface area contributed by atoms with Crippen LogP contribution >= 0.6 is 0 Å². The zero-order valence-electron chi connectivity index (χ0n) is 18.1. The van der Waals surface area contributed by atoms with Crippen LogP contribution in [0.15, 0.2) is 30.5 Å². The van der Waals surface area contributed by atoms with Gasteiger partial charge in [-0.3, -0.25) is 4.79 Å². The molecular weight excluding hydrogens is 364 g/mol. The number of nitrogens with one attached hydrogen (secondary N) is 1. The molecule has 154 valence electrons. The number of hydrogen-bond acceptors (Lipinski definition) is 4. The van der Waals surface area contributed by atoms with Gasteiger partial charge in [-0.15, -0.1) is 0 Å². The Bertz CT molecular complexity index is 1030. The Hall–Kier alpha value is -2.86. The third-order valence-electron chi connectivity index (χ3n) is 5.43. The van der Waals surface area contributed by atoms with E-state index in [0.717, 1.165) is 22.7 Å². The number of imidazole rings is 1. The second-order valence-electron chi connectivity index (χ2n) is 7.88. The van der Waals surface area contributed by atoms with E-state index in [9.17, 15) is 9.90 Å². The Kier molecular flexibility index (Phi) is 5.94. The molecule has 0 unspecified atom stereocenters. The standard InChI is InChI=1S/C23H30N4O2/c1-14-8-7-9-15(2)20(14)11-24-21-10-19(23(29)26(6)12-16(3)28)13-27-18(5)17(4)25-22(21)27/h7-10,13,16,24,28H,11-12H2,1-6H3/t16-/m0/s1. The number of fused-ring (bicyclic) bond motifs is 1. The molecule has 1 atom stereocenters. The van der Waals surface area contributed by atoms with Crippen molar-refractivity contribution in [3.05, 3.63) is 64.1 Å². The number of nitrogens with zero attached hydrogens (tertiary/aromatic N) is 3. The third kappa shape index (κ3) is 4.27. The number of carbonyl (C=O) groups is 1. The fraction of sp³-hybridized carbons (Fsp3) is 0.391. The van der Waals surface area contributed by atoms with Crippen LogP contribution in [0.3, 0.4) is 0 Å². The molecule has 2 aromatic heterocycles. The maximum atomic E-state index is 12.9. The molecule has 0 aliphatic heterocycles. The first-order valence-electron chi connectivity index (χ1n) is 9.90. The number of aliphatic hydroxyl groups is 1. The van der Waals surface area contributed by atoms with Gasteiger partial charge in [-0.2, -0.15) is 0 Å². The van der Waals surface area contributed by atoms with Gasteiger partial charge in [-0.25, -0.2) is 4.98 Å². The van der Waals surface area contributed by atoms with Gasteiger partial charge in [-0.05, 0) is 57.4 Å².